The molecule has 1 aliphatic rings. The van der Waals surface area contributed by atoms with Gasteiger partial charge in [-0.1, -0.05) is 6.07 Å². The highest BCUT2D eigenvalue weighted by molar-refractivity contribution is 5.96. The Balaban J connectivity index is 1.94. The molecule has 1 heterocycles. The molecule has 1 aliphatic heterocycles. The van der Waals surface area contributed by atoms with Crippen molar-refractivity contribution < 1.29 is 23.9 Å². The molecule has 0 radical (unpaired) electrons. The van der Waals surface area contributed by atoms with Crippen LogP contribution in [0.4, 0.5) is 4.39 Å². The molecule has 7 heteroatoms. The van der Waals surface area contributed by atoms with Gasteiger partial charge in [0, 0.05) is 12.1 Å². The number of likely N-dealkylation sites (tertiary alicyclic amines) is 1. The van der Waals surface area contributed by atoms with Gasteiger partial charge in [-0.25, -0.2) is 9.18 Å². The predicted molar refractivity (Wildman–Crippen MR) is 75.7 cm³/mol. The van der Waals surface area contributed by atoms with Crippen molar-refractivity contribution in [1.82, 2.24) is 10.2 Å². The van der Waals surface area contributed by atoms with E-state index in [2.05, 4.69) is 5.32 Å². The number of carbonyl (C=O) groups is 3. The van der Waals surface area contributed by atoms with Gasteiger partial charge in [0.15, 0.2) is 0 Å². The lowest BCUT2D eigenvalue weighted by Gasteiger charge is -2.33. The lowest BCUT2D eigenvalue weighted by atomic mass is 10.0. The first-order valence-corrected chi connectivity index (χ1v) is 7.05. The second-order valence-electron chi connectivity index (χ2n) is 5.13. The number of nitrogens with zero attached hydrogens (tertiary/aromatic N) is 1. The summed E-state index contributed by atoms with van der Waals surface area (Å²) in [6.45, 7) is 0.0603. The van der Waals surface area contributed by atoms with Crippen LogP contribution in [-0.4, -0.2) is 46.9 Å². The Morgan fingerprint density at radius 1 is 1.32 bits per heavy atom. The fraction of sp³-hybridized carbons (Fsp3) is 0.400. The second kappa shape index (κ2) is 7.02. The van der Waals surface area contributed by atoms with Gasteiger partial charge in [-0.15, -0.1) is 0 Å². The Kier molecular flexibility index (Phi) is 5.08. The van der Waals surface area contributed by atoms with E-state index >= 15 is 0 Å². The molecule has 1 aromatic rings. The lowest BCUT2D eigenvalue weighted by Crippen LogP contribution is -2.51. The number of aliphatic carboxylic acids is 1. The Morgan fingerprint density at radius 2 is 2.09 bits per heavy atom. The Morgan fingerprint density at radius 3 is 2.77 bits per heavy atom. The number of rotatable bonds is 4. The van der Waals surface area contributed by atoms with Crippen molar-refractivity contribution in [2.45, 2.75) is 25.3 Å². The lowest BCUT2D eigenvalue weighted by molar-refractivity contribution is -0.151. The van der Waals surface area contributed by atoms with E-state index in [9.17, 15) is 18.8 Å². The number of carbonyl (C=O) groups excluding carboxylic acids is 2. The molecule has 0 spiro atoms. The molecule has 1 unspecified atom stereocenters. The first-order chi connectivity index (χ1) is 10.5. The molecule has 1 fully saturated rings. The van der Waals surface area contributed by atoms with Gasteiger partial charge < -0.3 is 15.3 Å². The van der Waals surface area contributed by atoms with E-state index in [1.165, 1.54) is 23.1 Å². The van der Waals surface area contributed by atoms with Crippen molar-refractivity contribution in [3.63, 3.8) is 0 Å². The Labute approximate surface area is 126 Å². The third kappa shape index (κ3) is 3.81. The molecule has 0 saturated carbocycles. The average molecular weight is 308 g/mol. The monoisotopic (exact) mass is 308 g/mol. The van der Waals surface area contributed by atoms with Crippen LogP contribution in [0.25, 0.3) is 0 Å². The molecule has 118 valence electrons. The first-order valence-electron chi connectivity index (χ1n) is 7.05. The van der Waals surface area contributed by atoms with Crippen LogP contribution in [0.15, 0.2) is 24.3 Å². The zero-order valence-electron chi connectivity index (χ0n) is 11.9. The summed E-state index contributed by atoms with van der Waals surface area (Å²) in [5, 5.41) is 11.5. The van der Waals surface area contributed by atoms with E-state index in [1.807, 2.05) is 0 Å². The Hall–Kier alpha value is -2.44. The number of hydrogen-bond donors (Lipinski definition) is 2. The zero-order chi connectivity index (χ0) is 16.1. The van der Waals surface area contributed by atoms with E-state index in [1.54, 1.807) is 0 Å². The number of piperidine rings is 1. The van der Waals surface area contributed by atoms with Crippen molar-refractivity contribution in [1.29, 1.82) is 0 Å². The third-order valence-electron chi connectivity index (χ3n) is 3.60. The van der Waals surface area contributed by atoms with Gasteiger partial charge in [-0.2, -0.15) is 0 Å². The highest BCUT2D eigenvalue weighted by Crippen LogP contribution is 2.17. The summed E-state index contributed by atoms with van der Waals surface area (Å²) in [5.41, 5.74) is 0.112. The molecule has 0 aromatic heterocycles. The van der Waals surface area contributed by atoms with Gasteiger partial charge in [-0.05, 0) is 37.5 Å². The topological polar surface area (TPSA) is 86.7 Å². The standard InChI is InChI=1S/C15H17FN2O4/c16-11-5-3-4-10(8-11)14(20)17-9-13(19)18-7-2-1-6-12(18)15(21)22/h3-5,8,12H,1-2,6-7,9H2,(H,17,20)(H,21,22). The molecule has 1 aromatic carbocycles. The predicted octanol–water partition coefficient (Wildman–Crippen LogP) is 1.02. The minimum atomic E-state index is -1.04. The summed E-state index contributed by atoms with van der Waals surface area (Å²) in [6, 6.07) is 4.28. The van der Waals surface area contributed by atoms with Crippen LogP contribution >= 0.6 is 0 Å². The van der Waals surface area contributed by atoms with Gasteiger partial charge in [0.25, 0.3) is 5.91 Å². The molecule has 22 heavy (non-hydrogen) atoms. The summed E-state index contributed by atoms with van der Waals surface area (Å²) < 4.78 is 13.0. The maximum absolute atomic E-state index is 13.0. The number of halogens is 1. The van der Waals surface area contributed by atoms with Crippen LogP contribution in [0.5, 0.6) is 0 Å². The molecule has 2 N–H and O–H groups in total. The maximum Gasteiger partial charge on any atom is 0.326 e. The van der Waals surface area contributed by atoms with Gasteiger partial charge in [0.05, 0.1) is 6.54 Å². The minimum absolute atomic E-state index is 0.112. The largest absolute Gasteiger partial charge is 0.480 e. The molecule has 0 aliphatic carbocycles. The summed E-state index contributed by atoms with van der Waals surface area (Å²) in [4.78, 5) is 36.3. The van der Waals surface area contributed by atoms with E-state index in [4.69, 9.17) is 5.11 Å². The quantitative estimate of drug-likeness (QED) is 0.869. The second-order valence-corrected chi connectivity index (χ2v) is 5.13. The molecule has 1 atom stereocenters. The summed E-state index contributed by atoms with van der Waals surface area (Å²) >= 11 is 0. The van der Waals surface area contributed by atoms with Crippen molar-refractivity contribution in [2.24, 2.45) is 0 Å². The van der Waals surface area contributed by atoms with Crippen LogP contribution in [0.1, 0.15) is 29.6 Å². The smallest absolute Gasteiger partial charge is 0.326 e. The Bertz CT molecular complexity index is 591. The van der Waals surface area contributed by atoms with E-state index in [0.29, 0.717) is 13.0 Å². The molecular weight excluding hydrogens is 291 g/mol. The van der Waals surface area contributed by atoms with Gasteiger partial charge in [0.1, 0.15) is 11.9 Å². The van der Waals surface area contributed by atoms with Crippen molar-refractivity contribution >= 4 is 17.8 Å². The summed E-state index contributed by atoms with van der Waals surface area (Å²) in [5.74, 6) is -2.60. The molecule has 1 saturated heterocycles. The average Bonchev–Trinajstić information content (AvgIpc) is 2.52. The van der Waals surface area contributed by atoms with Gasteiger partial charge in [-0.3, -0.25) is 9.59 Å². The van der Waals surface area contributed by atoms with Crippen LogP contribution in [0.3, 0.4) is 0 Å². The van der Waals surface area contributed by atoms with Gasteiger partial charge in [0.2, 0.25) is 5.91 Å². The molecule has 2 amide bonds. The highest BCUT2D eigenvalue weighted by atomic mass is 19.1. The van der Waals surface area contributed by atoms with E-state index in [-0.39, 0.29) is 12.1 Å². The van der Waals surface area contributed by atoms with Crippen molar-refractivity contribution in [3.05, 3.63) is 35.6 Å². The molecular formula is C15H17FN2O4. The van der Waals surface area contributed by atoms with Gasteiger partial charge >= 0.3 is 5.97 Å². The SMILES string of the molecule is O=C(NCC(=O)N1CCCCC1C(=O)O)c1cccc(F)c1. The molecule has 0 bridgehead atoms. The van der Waals surface area contributed by atoms with Crippen molar-refractivity contribution in [2.75, 3.05) is 13.1 Å². The minimum Gasteiger partial charge on any atom is -0.480 e. The highest BCUT2D eigenvalue weighted by Gasteiger charge is 2.31. The first kappa shape index (κ1) is 15.9. The van der Waals surface area contributed by atoms with Crippen LogP contribution in [0, 0.1) is 5.82 Å². The molecule has 2 rings (SSSR count). The third-order valence-corrected chi connectivity index (χ3v) is 3.60. The number of amides is 2. The van der Waals surface area contributed by atoms with Crippen LogP contribution < -0.4 is 5.32 Å². The number of benzene rings is 1. The summed E-state index contributed by atoms with van der Waals surface area (Å²) in [7, 11) is 0. The number of carboxylic acid groups (broad SMARTS) is 1. The number of nitrogens with one attached hydrogen (secondary N) is 1. The summed E-state index contributed by atoms with van der Waals surface area (Å²) in [6.07, 6.45) is 1.92. The van der Waals surface area contributed by atoms with E-state index < -0.39 is 29.6 Å². The maximum atomic E-state index is 13.0. The normalized spacial score (nSPS) is 17.9. The zero-order valence-corrected chi connectivity index (χ0v) is 11.9. The fourth-order valence-electron chi connectivity index (χ4n) is 2.48. The number of hydrogen-bond acceptors (Lipinski definition) is 3. The molecule has 6 nitrogen and oxygen atoms in total. The van der Waals surface area contributed by atoms with Crippen LogP contribution in [0.2, 0.25) is 0 Å². The fourth-order valence-corrected chi connectivity index (χ4v) is 2.48. The van der Waals surface area contributed by atoms with Crippen molar-refractivity contribution in [3.8, 4) is 0 Å². The van der Waals surface area contributed by atoms with Crippen LogP contribution in [-0.2, 0) is 9.59 Å². The number of carboxylic acids is 1. The van der Waals surface area contributed by atoms with E-state index in [0.717, 1.165) is 18.9 Å².